The van der Waals surface area contributed by atoms with E-state index in [-0.39, 0.29) is 5.41 Å². The smallest absolute Gasteiger partial charge is 0.0874 e. The monoisotopic (exact) mass is 670 g/mol. The van der Waals surface area contributed by atoms with E-state index in [4.69, 9.17) is 0 Å². The van der Waals surface area contributed by atoms with Crippen LogP contribution in [-0.4, -0.2) is 31.4 Å². The van der Waals surface area contributed by atoms with Gasteiger partial charge in [-0.2, -0.15) is 0 Å². The Balaban J connectivity index is 1.24. The highest BCUT2D eigenvalue weighted by molar-refractivity contribution is 6.63. The van der Waals surface area contributed by atoms with E-state index < -0.39 is 0 Å². The standard InChI is InChI=1S/C49H38B4/c1-49(2)39-22-12-11-17-32(39)33-24-23-28(26-40(33)49)41-45(50)47(52)44(48(53)46(41)51)43-36-20-9-7-18-34(36)42(35-19-8-10-21-37(35)43)38-25-27-13-3-4-14-29(27)30-15-5-6-16-31(30)38/h3-26H,50-53H2,1-2H3. The zero-order valence-corrected chi connectivity index (χ0v) is 31.4. The number of hydrogen-bond donors (Lipinski definition) is 0. The minimum Gasteiger partial charge on any atom is -0.0874 e. The maximum atomic E-state index is 2.48. The molecule has 10 rings (SSSR count). The third-order valence-corrected chi connectivity index (χ3v) is 12.7. The lowest BCUT2D eigenvalue weighted by molar-refractivity contribution is 0.660. The van der Waals surface area contributed by atoms with Gasteiger partial charge in [-0.3, -0.25) is 0 Å². The van der Waals surface area contributed by atoms with Gasteiger partial charge in [0, 0.05) is 5.41 Å². The third kappa shape index (κ3) is 4.48. The zero-order valence-electron chi connectivity index (χ0n) is 31.4. The van der Waals surface area contributed by atoms with Crippen LogP contribution in [0, 0.1) is 0 Å². The molecule has 0 saturated carbocycles. The van der Waals surface area contributed by atoms with Gasteiger partial charge < -0.3 is 0 Å². The number of hydrogen-bond acceptors (Lipinski definition) is 0. The quantitative estimate of drug-likeness (QED) is 0.113. The van der Waals surface area contributed by atoms with Crippen LogP contribution in [0.1, 0.15) is 25.0 Å². The molecule has 0 unspecified atom stereocenters. The Bertz CT molecular complexity index is 2940. The Labute approximate surface area is 315 Å². The van der Waals surface area contributed by atoms with E-state index in [1.807, 2.05) is 0 Å². The van der Waals surface area contributed by atoms with Crippen molar-refractivity contribution in [1.29, 1.82) is 0 Å². The lowest BCUT2D eigenvalue weighted by atomic mass is 9.61. The van der Waals surface area contributed by atoms with Crippen molar-refractivity contribution in [3.63, 3.8) is 0 Å². The van der Waals surface area contributed by atoms with Crippen molar-refractivity contribution in [3.05, 3.63) is 157 Å². The molecular weight excluding hydrogens is 632 g/mol. The van der Waals surface area contributed by atoms with Gasteiger partial charge in [0.15, 0.2) is 0 Å². The Kier molecular flexibility index (Phi) is 7.02. The predicted octanol–water partition coefficient (Wildman–Crippen LogP) is 6.64. The summed E-state index contributed by atoms with van der Waals surface area (Å²) in [5.41, 5.74) is 18.9. The molecule has 0 radical (unpaired) electrons. The summed E-state index contributed by atoms with van der Waals surface area (Å²) in [7, 11) is 9.38. The van der Waals surface area contributed by atoms with Crippen LogP contribution < -0.4 is 21.9 Å². The Morgan fingerprint density at radius 3 is 1.45 bits per heavy atom. The van der Waals surface area contributed by atoms with Gasteiger partial charge in [0.2, 0.25) is 0 Å². The molecule has 9 aromatic carbocycles. The van der Waals surface area contributed by atoms with Crippen molar-refractivity contribution in [2.75, 3.05) is 0 Å². The van der Waals surface area contributed by atoms with E-state index in [9.17, 15) is 0 Å². The van der Waals surface area contributed by atoms with E-state index in [0.29, 0.717) is 0 Å². The van der Waals surface area contributed by atoms with E-state index in [2.05, 4.69) is 191 Å². The van der Waals surface area contributed by atoms with Crippen LogP contribution in [0.3, 0.4) is 0 Å². The summed E-state index contributed by atoms with van der Waals surface area (Å²) in [4.78, 5) is 0. The number of benzene rings is 9. The van der Waals surface area contributed by atoms with E-state index in [1.165, 1.54) is 121 Å². The molecule has 0 heterocycles. The van der Waals surface area contributed by atoms with Crippen molar-refractivity contribution >= 4 is 96.3 Å². The first-order valence-corrected chi connectivity index (χ1v) is 19.0. The zero-order chi connectivity index (χ0) is 36.2. The highest BCUT2D eigenvalue weighted by atomic mass is 14.4. The number of rotatable bonds is 3. The average molecular weight is 670 g/mol. The lowest BCUT2D eigenvalue weighted by Gasteiger charge is -2.26. The second-order valence-corrected chi connectivity index (χ2v) is 15.7. The molecule has 0 saturated heterocycles. The molecule has 53 heavy (non-hydrogen) atoms. The first-order chi connectivity index (χ1) is 25.8. The molecule has 9 aromatic rings. The van der Waals surface area contributed by atoms with Crippen LogP contribution in [0.4, 0.5) is 0 Å². The third-order valence-electron chi connectivity index (χ3n) is 12.7. The molecule has 0 atom stereocenters. The van der Waals surface area contributed by atoms with Crippen LogP contribution in [-0.2, 0) is 5.41 Å². The molecule has 0 spiro atoms. The second kappa shape index (κ2) is 11.6. The lowest BCUT2D eigenvalue weighted by Crippen LogP contribution is -2.44. The average Bonchev–Trinajstić information content (AvgIpc) is 3.42. The number of fused-ring (bicyclic) bond motifs is 8. The Hall–Kier alpha value is -5.72. The van der Waals surface area contributed by atoms with Crippen LogP contribution in [0.5, 0.6) is 0 Å². The molecular formula is C49H38B4. The van der Waals surface area contributed by atoms with Crippen molar-refractivity contribution in [1.82, 2.24) is 0 Å². The van der Waals surface area contributed by atoms with Crippen LogP contribution >= 0.6 is 0 Å². The highest BCUT2D eigenvalue weighted by Crippen LogP contribution is 2.50. The van der Waals surface area contributed by atoms with Crippen LogP contribution in [0.25, 0.3) is 87.6 Å². The first-order valence-electron chi connectivity index (χ1n) is 19.0. The van der Waals surface area contributed by atoms with Gasteiger partial charge in [0.05, 0.1) is 0 Å². The van der Waals surface area contributed by atoms with Crippen molar-refractivity contribution in [2.24, 2.45) is 0 Å². The minimum absolute atomic E-state index is 0.0380. The van der Waals surface area contributed by atoms with E-state index in [0.717, 1.165) is 0 Å². The van der Waals surface area contributed by atoms with Gasteiger partial charge in [0.1, 0.15) is 31.4 Å². The SMILES string of the molecule is Bc1c(B)c(-c2c3ccccc3c(-c3cc4ccccc4c4ccccc34)c3ccccc23)c(B)c(B)c1-c1ccc2c(c1)C(C)(C)c1ccccc1-2. The normalized spacial score (nSPS) is 13.2. The fourth-order valence-electron chi connectivity index (χ4n) is 9.93. The largest absolute Gasteiger partial charge is 0.139 e. The summed E-state index contributed by atoms with van der Waals surface area (Å²) in [6.07, 6.45) is 0. The van der Waals surface area contributed by atoms with Gasteiger partial charge in [-0.05, 0) is 111 Å². The van der Waals surface area contributed by atoms with E-state index in [1.54, 1.807) is 0 Å². The summed E-state index contributed by atoms with van der Waals surface area (Å²) < 4.78 is 0. The van der Waals surface area contributed by atoms with E-state index >= 15 is 0 Å². The summed E-state index contributed by atoms with van der Waals surface area (Å²) in [6, 6.07) is 54.5. The van der Waals surface area contributed by atoms with Crippen molar-refractivity contribution in [2.45, 2.75) is 19.3 Å². The molecule has 246 valence electrons. The molecule has 0 bridgehead atoms. The fourth-order valence-corrected chi connectivity index (χ4v) is 9.93. The van der Waals surface area contributed by atoms with Gasteiger partial charge in [-0.25, -0.2) is 0 Å². The topological polar surface area (TPSA) is 0 Å². The molecule has 0 aromatic heterocycles. The van der Waals surface area contributed by atoms with Crippen molar-refractivity contribution in [3.8, 4) is 44.5 Å². The first kappa shape index (κ1) is 32.0. The molecule has 1 aliphatic carbocycles. The maximum absolute atomic E-state index is 2.48. The van der Waals surface area contributed by atoms with Gasteiger partial charge in [0.25, 0.3) is 0 Å². The van der Waals surface area contributed by atoms with Gasteiger partial charge >= 0.3 is 0 Å². The van der Waals surface area contributed by atoms with Crippen molar-refractivity contribution < 1.29 is 0 Å². The fraction of sp³-hybridized carbons (Fsp3) is 0.0612. The molecule has 0 amide bonds. The molecule has 1 aliphatic rings. The summed E-state index contributed by atoms with van der Waals surface area (Å²) >= 11 is 0. The molecule has 4 heteroatoms. The summed E-state index contributed by atoms with van der Waals surface area (Å²) in [5.74, 6) is 0. The Morgan fingerprint density at radius 1 is 0.340 bits per heavy atom. The molecule has 0 N–H and O–H groups in total. The second-order valence-electron chi connectivity index (χ2n) is 15.7. The molecule has 0 aliphatic heterocycles. The van der Waals surface area contributed by atoms with Gasteiger partial charge in [-0.15, -0.1) is 0 Å². The van der Waals surface area contributed by atoms with Crippen LogP contribution in [0.15, 0.2) is 146 Å². The molecule has 0 nitrogen and oxygen atoms in total. The summed E-state index contributed by atoms with van der Waals surface area (Å²) in [5, 5.41) is 10.3. The minimum atomic E-state index is -0.0380. The maximum Gasteiger partial charge on any atom is 0.139 e. The predicted molar refractivity (Wildman–Crippen MR) is 243 cm³/mol. The van der Waals surface area contributed by atoms with Crippen LogP contribution in [0.2, 0.25) is 0 Å². The van der Waals surface area contributed by atoms with Gasteiger partial charge in [-0.1, -0.05) is 169 Å². The Morgan fingerprint density at radius 2 is 0.811 bits per heavy atom. The summed E-state index contributed by atoms with van der Waals surface area (Å²) in [6.45, 7) is 4.75. The molecule has 0 fully saturated rings. The highest BCUT2D eigenvalue weighted by Gasteiger charge is 2.35.